The maximum atomic E-state index is 5.48. The Labute approximate surface area is 112 Å². The molecule has 1 saturated heterocycles. The van der Waals surface area contributed by atoms with Crippen LogP contribution in [0.3, 0.4) is 0 Å². The van der Waals surface area contributed by atoms with E-state index in [9.17, 15) is 0 Å². The van der Waals surface area contributed by atoms with Gasteiger partial charge in [-0.15, -0.1) is 0 Å². The molecule has 2 rings (SSSR count). The normalized spacial score (nSPS) is 34.0. The number of nitrogens with one attached hydrogen (secondary N) is 1. The van der Waals surface area contributed by atoms with E-state index >= 15 is 0 Å². The van der Waals surface area contributed by atoms with Crippen LogP contribution >= 0.6 is 0 Å². The minimum Gasteiger partial charge on any atom is -0.380 e. The largest absolute Gasteiger partial charge is 0.380 e. The van der Waals surface area contributed by atoms with E-state index in [0.717, 1.165) is 13.1 Å². The van der Waals surface area contributed by atoms with Crippen LogP contribution in [0.1, 0.15) is 52.9 Å². The molecule has 1 spiro atoms. The predicted molar refractivity (Wildman–Crippen MR) is 75.9 cm³/mol. The lowest BCUT2D eigenvalue weighted by atomic mass is 9.85. The molecule has 0 bridgehead atoms. The molecular weight excluding hydrogens is 224 g/mol. The lowest BCUT2D eigenvalue weighted by molar-refractivity contribution is -0.0227. The van der Waals surface area contributed by atoms with Gasteiger partial charge in [0.15, 0.2) is 0 Å². The minimum absolute atomic E-state index is 0.292. The fourth-order valence-electron chi connectivity index (χ4n) is 3.51. The number of hydrogen-bond donors (Lipinski definition) is 1. The van der Waals surface area contributed by atoms with Gasteiger partial charge in [0.25, 0.3) is 0 Å². The van der Waals surface area contributed by atoms with Gasteiger partial charge in [0, 0.05) is 37.8 Å². The molecule has 3 nitrogen and oxygen atoms in total. The van der Waals surface area contributed by atoms with E-state index in [1.807, 2.05) is 7.11 Å². The number of rotatable bonds is 4. The van der Waals surface area contributed by atoms with Gasteiger partial charge in [-0.2, -0.15) is 0 Å². The Bertz CT molecular complexity index is 276. The van der Waals surface area contributed by atoms with Crippen LogP contribution in [0.25, 0.3) is 0 Å². The van der Waals surface area contributed by atoms with Crippen molar-refractivity contribution >= 4 is 0 Å². The van der Waals surface area contributed by atoms with Gasteiger partial charge >= 0.3 is 0 Å². The summed E-state index contributed by atoms with van der Waals surface area (Å²) in [7, 11) is 1.82. The molecule has 1 aliphatic carbocycles. The van der Waals surface area contributed by atoms with Crippen molar-refractivity contribution in [3.05, 3.63) is 0 Å². The Morgan fingerprint density at radius 1 is 1.33 bits per heavy atom. The second-order valence-corrected chi connectivity index (χ2v) is 6.62. The summed E-state index contributed by atoms with van der Waals surface area (Å²) in [6.45, 7) is 10.3. The molecule has 0 amide bonds. The Kier molecular flexibility index (Phi) is 4.35. The fraction of sp³-hybridized carbons (Fsp3) is 1.00. The van der Waals surface area contributed by atoms with E-state index in [2.05, 4.69) is 31.0 Å². The highest BCUT2D eigenvalue weighted by molar-refractivity contribution is 5.05. The average molecular weight is 254 g/mol. The van der Waals surface area contributed by atoms with Crippen molar-refractivity contribution in [3.63, 3.8) is 0 Å². The van der Waals surface area contributed by atoms with Crippen LogP contribution in [-0.2, 0) is 4.74 Å². The minimum atomic E-state index is 0.292. The maximum absolute atomic E-state index is 5.48. The van der Waals surface area contributed by atoms with E-state index in [0.29, 0.717) is 17.2 Å². The van der Waals surface area contributed by atoms with Crippen molar-refractivity contribution in [2.75, 3.05) is 26.7 Å². The highest BCUT2D eigenvalue weighted by Crippen LogP contribution is 2.36. The van der Waals surface area contributed by atoms with Crippen LogP contribution in [0, 0.1) is 0 Å². The molecule has 2 unspecified atom stereocenters. The third-order valence-corrected chi connectivity index (χ3v) is 5.30. The third kappa shape index (κ3) is 2.73. The number of methoxy groups -OCH3 is 1. The second-order valence-electron chi connectivity index (χ2n) is 6.62. The van der Waals surface area contributed by atoms with Crippen molar-refractivity contribution in [1.29, 1.82) is 0 Å². The summed E-state index contributed by atoms with van der Waals surface area (Å²) in [5.74, 6) is 0. The molecule has 2 fully saturated rings. The van der Waals surface area contributed by atoms with Gasteiger partial charge in [0.2, 0.25) is 0 Å². The molecule has 0 radical (unpaired) electrons. The summed E-state index contributed by atoms with van der Waals surface area (Å²) < 4.78 is 5.48. The highest BCUT2D eigenvalue weighted by atomic mass is 16.5. The number of hydrogen-bond acceptors (Lipinski definition) is 3. The summed E-state index contributed by atoms with van der Waals surface area (Å²) in [5.41, 5.74) is 0.697. The van der Waals surface area contributed by atoms with Gasteiger partial charge in [-0.05, 0) is 33.1 Å². The molecule has 1 N–H and O–H groups in total. The molecule has 0 aromatic carbocycles. The molecule has 1 aliphatic heterocycles. The quantitative estimate of drug-likeness (QED) is 0.834. The van der Waals surface area contributed by atoms with E-state index in [4.69, 9.17) is 4.74 Å². The van der Waals surface area contributed by atoms with Gasteiger partial charge < -0.3 is 10.1 Å². The SMILES string of the molecule is CCC1(C)CNC2(CCCC2)CN1CC(C)OC. The Balaban J connectivity index is 2.08. The second kappa shape index (κ2) is 5.48. The Hall–Kier alpha value is -0.120. The van der Waals surface area contributed by atoms with Crippen LogP contribution in [0.4, 0.5) is 0 Å². The molecule has 0 aromatic rings. The smallest absolute Gasteiger partial charge is 0.0670 e. The summed E-state index contributed by atoms with van der Waals surface area (Å²) in [5, 5.41) is 3.87. The summed E-state index contributed by atoms with van der Waals surface area (Å²) >= 11 is 0. The molecule has 1 heterocycles. The molecule has 1 saturated carbocycles. The first-order valence-electron chi connectivity index (χ1n) is 7.56. The zero-order chi connectivity index (χ0) is 13.2. The van der Waals surface area contributed by atoms with E-state index in [1.165, 1.54) is 38.6 Å². The maximum Gasteiger partial charge on any atom is 0.0670 e. The zero-order valence-corrected chi connectivity index (χ0v) is 12.6. The lowest BCUT2D eigenvalue weighted by Gasteiger charge is -2.53. The van der Waals surface area contributed by atoms with Crippen molar-refractivity contribution in [2.24, 2.45) is 0 Å². The van der Waals surface area contributed by atoms with E-state index in [1.54, 1.807) is 0 Å². The first-order chi connectivity index (χ1) is 8.53. The molecule has 106 valence electrons. The monoisotopic (exact) mass is 254 g/mol. The molecule has 18 heavy (non-hydrogen) atoms. The van der Waals surface area contributed by atoms with Gasteiger partial charge in [0.1, 0.15) is 0 Å². The van der Waals surface area contributed by atoms with Gasteiger partial charge in [-0.25, -0.2) is 0 Å². The fourth-order valence-corrected chi connectivity index (χ4v) is 3.51. The van der Waals surface area contributed by atoms with Crippen molar-refractivity contribution in [1.82, 2.24) is 10.2 Å². The number of ether oxygens (including phenoxy) is 1. The van der Waals surface area contributed by atoms with Gasteiger partial charge in [-0.3, -0.25) is 4.90 Å². The van der Waals surface area contributed by atoms with Crippen LogP contribution in [0.15, 0.2) is 0 Å². The number of nitrogens with zero attached hydrogens (tertiary/aromatic N) is 1. The molecule has 2 aliphatic rings. The first-order valence-corrected chi connectivity index (χ1v) is 7.56. The number of piperazine rings is 1. The van der Waals surface area contributed by atoms with E-state index < -0.39 is 0 Å². The first kappa shape index (κ1) is 14.3. The van der Waals surface area contributed by atoms with Crippen LogP contribution in [0.2, 0.25) is 0 Å². The zero-order valence-electron chi connectivity index (χ0n) is 12.6. The molecule has 3 heteroatoms. The summed E-state index contributed by atoms with van der Waals surface area (Å²) in [6, 6.07) is 0. The Morgan fingerprint density at radius 2 is 2.00 bits per heavy atom. The van der Waals surface area contributed by atoms with Gasteiger partial charge in [-0.1, -0.05) is 19.8 Å². The van der Waals surface area contributed by atoms with Crippen molar-refractivity contribution in [2.45, 2.75) is 70.1 Å². The average Bonchev–Trinajstić information content (AvgIpc) is 2.83. The highest BCUT2D eigenvalue weighted by Gasteiger charge is 2.45. The predicted octanol–water partition coefficient (Wildman–Crippen LogP) is 2.41. The van der Waals surface area contributed by atoms with Crippen LogP contribution in [-0.4, -0.2) is 48.8 Å². The third-order valence-electron chi connectivity index (χ3n) is 5.30. The molecule has 0 aromatic heterocycles. The summed E-state index contributed by atoms with van der Waals surface area (Å²) in [4.78, 5) is 2.68. The van der Waals surface area contributed by atoms with Crippen LogP contribution < -0.4 is 5.32 Å². The topological polar surface area (TPSA) is 24.5 Å². The standard InChI is InChI=1S/C15H30N2O/c1-5-14(3)11-16-15(8-6-7-9-15)12-17(14)10-13(2)18-4/h13,16H,5-12H2,1-4H3. The van der Waals surface area contributed by atoms with Crippen molar-refractivity contribution in [3.8, 4) is 0 Å². The van der Waals surface area contributed by atoms with Crippen molar-refractivity contribution < 1.29 is 4.74 Å². The molecular formula is C15H30N2O. The van der Waals surface area contributed by atoms with Crippen LogP contribution in [0.5, 0.6) is 0 Å². The molecule has 2 atom stereocenters. The summed E-state index contributed by atoms with van der Waals surface area (Å²) in [6.07, 6.45) is 7.02. The van der Waals surface area contributed by atoms with Gasteiger partial charge in [0.05, 0.1) is 6.10 Å². The lowest BCUT2D eigenvalue weighted by Crippen LogP contribution is -2.68. The van der Waals surface area contributed by atoms with E-state index in [-0.39, 0.29) is 0 Å². The Morgan fingerprint density at radius 3 is 2.56 bits per heavy atom.